The van der Waals surface area contributed by atoms with E-state index in [1.54, 1.807) is 0 Å². The number of aliphatic hydroxyl groups excluding tert-OH is 1. The van der Waals surface area contributed by atoms with Gasteiger partial charge in [0, 0.05) is 12.8 Å². The van der Waals surface area contributed by atoms with Crippen molar-refractivity contribution in [1.29, 1.82) is 0 Å². The van der Waals surface area contributed by atoms with Gasteiger partial charge in [0.25, 0.3) is 0 Å². The largest absolute Gasteiger partial charge is 0.461 e. The van der Waals surface area contributed by atoms with Crippen molar-refractivity contribution in [1.82, 2.24) is 0 Å². The van der Waals surface area contributed by atoms with E-state index in [4.69, 9.17) is 18.9 Å². The number of hydrogen-bond donors (Lipinski definition) is 1. The Balaban J connectivity index is 1.71. The predicted octanol–water partition coefficient (Wildman–Crippen LogP) is 2.99. The summed E-state index contributed by atoms with van der Waals surface area (Å²) in [4.78, 5) is 0. The monoisotopic (exact) mass is 308 g/mol. The number of hydrogen-bond acceptors (Lipinski definition) is 5. The SMILES string of the molecule is OCc1ccc(OC2CCCCO2)c(OC2CCCCO2)c1. The third kappa shape index (κ3) is 4.12. The molecular weight excluding hydrogens is 284 g/mol. The molecule has 5 nitrogen and oxygen atoms in total. The van der Waals surface area contributed by atoms with E-state index in [1.807, 2.05) is 18.2 Å². The van der Waals surface area contributed by atoms with Crippen LogP contribution >= 0.6 is 0 Å². The summed E-state index contributed by atoms with van der Waals surface area (Å²) in [5.41, 5.74) is 0.794. The molecule has 2 aliphatic heterocycles. The van der Waals surface area contributed by atoms with Gasteiger partial charge < -0.3 is 24.1 Å². The first-order chi connectivity index (χ1) is 10.8. The second-order valence-electron chi connectivity index (χ2n) is 5.77. The Labute approximate surface area is 131 Å². The highest BCUT2D eigenvalue weighted by atomic mass is 16.7. The van der Waals surface area contributed by atoms with Crippen LogP contribution in [0.3, 0.4) is 0 Å². The Kier molecular flexibility index (Phi) is 5.53. The highest BCUT2D eigenvalue weighted by molar-refractivity contribution is 5.43. The summed E-state index contributed by atoms with van der Waals surface area (Å²) in [6.45, 7) is 1.44. The molecule has 1 N–H and O–H groups in total. The van der Waals surface area contributed by atoms with E-state index in [9.17, 15) is 5.11 Å². The third-order valence-electron chi connectivity index (χ3n) is 3.98. The lowest BCUT2D eigenvalue weighted by Gasteiger charge is -2.27. The first-order valence-corrected chi connectivity index (χ1v) is 8.15. The third-order valence-corrected chi connectivity index (χ3v) is 3.98. The van der Waals surface area contributed by atoms with Crippen molar-refractivity contribution < 1.29 is 24.1 Å². The molecule has 1 aromatic rings. The van der Waals surface area contributed by atoms with Crippen LogP contribution in [0.15, 0.2) is 18.2 Å². The van der Waals surface area contributed by atoms with Crippen LogP contribution in [0, 0.1) is 0 Å². The topological polar surface area (TPSA) is 57.2 Å². The minimum Gasteiger partial charge on any atom is -0.461 e. The Morgan fingerprint density at radius 1 is 0.909 bits per heavy atom. The smallest absolute Gasteiger partial charge is 0.200 e. The maximum Gasteiger partial charge on any atom is 0.200 e. The van der Waals surface area contributed by atoms with Gasteiger partial charge >= 0.3 is 0 Å². The van der Waals surface area contributed by atoms with Gasteiger partial charge in [-0.15, -0.1) is 0 Å². The fraction of sp³-hybridized carbons (Fsp3) is 0.647. The Bertz CT molecular complexity index is 464. The van der Waals surface area contributed by atoms with Crippen molar-refractivity contribution in [3.8, 4) is 11.5 Å². The minimum atomic E-state index is -0.239. The van der Waals surface area contributed by atoms with E-state index in [2.05, 4.69) is 0 Å². The summed E-state index contributed by atoms with van der Waals surface area (Å²) >= 11 is 0. The average Bonchev–Trinajstić information content (AvgIpc) is 2.58. The van der Waals surface area contributed by atoms with Crippen LogP contribution in [-0.2, 0) is 16.1 Å². The highest BCUT2D eigenvalue weighted by Crippen LogP contribution is 2.33. The summed E-state index contributed by atoms with van der Waals surface area (Å²) < 4.78 is 23.2. The van der Waals surface area contributed by atoms with Gasteiger partial charge in [-0.2, -0.15) is 0 Å². The lowest BCUT2D eigenvalue weighted by molar-refractivity contribution is -0.119. The second kappa shape index (κ2) is 7.81. The number of rotatable bonds is 5. The van der Waals surface area contributed by atoms with Crippen molar-refractivity contribution in [2.24, 2.45) is 0 Å². The molecule has 2 heterocycles. The summed E-state index contributed by atoms with van der Waals surface area (Å²) in [7, 11) is 0. The van der Waals surface area contributed by atoms with Crippen LogP contribution in [0.4, 0.5) is 0 Å². The second-order valence-corrected chi connectivity index (χ2v) is 5.77. The van der Waals surface area contributed by atoms with E-state index >= 15 is 0 Å². The zero-order chi connectivity index (χ0) is 15.2. The van der Waals surface area contributed by atoms with Gasteiger partial charge in [-0.25, -0.2) is 0 Å². The molecule has 2 saturated heterocycles. The molecule has 2 aliphatic rings. The van der Waals surface area contributed by atoms with E-state index in [1.165, 1.54) is 0 Å². The molecule has 1 aromatic carbocycles. The van der Waals surface area contributed by atoms with Crippen LogP contribution in [0.5, 0.6) is 11.5 Å². The zero-order valence-corrected chi connectivity index (χ0v) is 12.8. The maximum atomic E-state index is 9.33. The van der Waals surface area contributed by atoms with Crippen molar-refractivity contribution in [3.63, 3.8) is 0 Å². The average molecular weight is 308 g/mol. The summed E-state index contributed by atoms with van der Waals surface area (Å²) in [6.07, 6.45) is 5.69. The fourth-order valence-electron chi connectivity index (χ4n) is 2.73. The van der Waals surface area contributed by atoms with Crippen LogP contribution in [0.25, 0.3) is 0 Å². The first-order valence-electron chi connectivity index (χ1n) is 8.15. The molecule has 122 valence electrons. The lowest BCUT2D eigenvalue weighted by Crippen LogP contribution is -2.27. The van der Waals surface area contributed by atoms with Gasteiger partial charge in [-0.1, -0.05) is 6.07 Å². The lowest BCUT2D eigenvalue weighted by atomic mass is 10.2. The molecule has 2 unspecified atom stereocenters. The Hall–Kier alpha value is -1.30. The van der Waals surface area contributed by atoms with Gasteiger partial charge in [0.15, 0.2) is 24.1 Å². The standard InChI is InChI=1S/C17H24O5/c18-12-13-7-8-14(21-16-5-1-3-9-19-16)15(11-13)22-17-6-2-4-10-20-17/h7-8,11,16-18H,1-6,9-10,12H2. The normalized spacial score (nSPS) is 25.7. The molecule has 0 bridgehead atoms. The number of ether oxygens (including phenoxy) is 4. The van der Waals surface area contributed by atoms with E-state index in [0.29, 0.717) is 11.5 Å². The van der Waals surface area contributed by atoms with Gasteiger partial charge in [0.2, 0.25) is 0 Å². The molecule has 0 aromatic heterocycles. The van der Waals surface area contributed by atoms with Crippen LogP contribution in [0.1, 0.15) is 44.1 Å². The molecule has 2 fully saturated rings. The van der Waals surface area contributed by atoms with Crippen molar-refractivity contribution >= 4 is 0 Å². The molecule has 0 spiro atoms. The van der Waals surface area contributed by atoms with E-state index in [-0.39, 0.29) is 19.2 Å². The van der Waals surface area contributed by atoms with Crippen LogP contribution in [0.2, 0.25) is 0 Å². The summed E-state index contributed by atoms with van der Waals surface area (Å²) in [5, 5.41) is 9.33. The molecule has 0 saturated carbocycles. The molecule has 0 aliphatic carbocycles. The van der Waals surface area contributed by atoms with Crippen molar-refractivity contribution in [3.05, 3.63) is 23.8 Å². The van der Waals surface area contributed by atoms with Crippen LogP contribution < -0.4 is 9.47 Å². The minimum absolute atomic E-state index is 0.0257. The molecule has 0 amide bonds. The summed E-state index contributed by atoms with van der Waals surface area (Å²) in [5.74, 6) is 1.27. The van der Waals surface area contributed by atoms with Crippen molar-refractivity contribution in [2.75, 3.05) is 13.2 Å². The summed E-state index contributed by atoms with van der Waals surface area (Å²) in [6, 6.07) is 5.49. The predicted molar refractivity (Wildman–Crippen MR) is 80.8 cm³/mol. The Morgan fingerprint density at radius 3 is 2.09 bits per heavy atom. The molecule has 0 radical (unpaired) electrons. The van der Waals surface area contributed by atoms with E-state index in [0.717, 1.165) is 57.3 Å². The van der Waals surface area contributed by atoms with Gasteiger partial charge in [0.1, 0.15) is 0 Å². The van der Waals surface area contributed by atoms with Crippen molar-refractivity contribution in [2.45, 2.75) is 57.7 Å². The number of aliphatic hydroxyl groups is 1. The van der Waals surface area contributed by atoms with Gasteiger partial charge in [-0.3, -0.25) is 0 Å². The van der Waals surface area contributed by atoms with Gasteiger partial charge in [-0.05, 0) is 43.4 Å². The number of benzene rings is 1. The van der Waals surface area contributed by atoms with Gasteiger partial charge in [0.05, 0.1) is 19.8 Å². The maximum absolute atomic E-state index is 9.33. The quantitative estimate of drug-likeness (QED) is 0.906. The van der Waals surface area contributed by atoms with Crippen LogP contribution in [-0.4, -0.2) is 30.9 Å². The molecule has 5 heteroatoms. The highest BCUT2D eigenvalue weighted by Gasteiger charge is 2.21. The zero-order valence-electron chi connectivity index (χ0n) is 12.8. The first kappa shape index (κ1) is 15.6. The molecule has 3 rings (SSSR count). The molecular formula is C17H24O5. The van der Waals surface area contributed by atoms with E-state index < -0.39 is 0 Å². The Morgan fingerprint density at radius 2 is 1.55 bits per heavy atom. The molecule has 2 atom stereocenters. The fourth-order valence-corrected chi connectivity index (χ4v) is 2.73. The molecule has 22 heavy (non-hydrogen) atoms.